The molecule has 1 N–H and O–H groups in total. The van der Waals surface area contributed by atoms with Gasteiger partial charge in [-0.1, -0.05) is 12.2 Å². The molecule has 0 unspecified atom stereocenters. The summed E-state index contributed by atoms with van der Waals surface area (Å²) in [6.45, 7) is 1.98. The van der Waals surface area contributed by atoms with Crippen molar-refractivity contribution in [3.05, 3.63) is 42.2 Å². The molecule has 2 heterocycles. The van der Waals surface area contributed by atoms with Crippen molar-refractivity contribution in [3.63, 3.8) is 0 Å². The minimum absolute atomic E-state index is 0.186. The highest BCUT2D eigenvalue weighted by Crippen LogP contribution is 2.28. The first-order valence-corrected chi connectivity index (χ1v) is 7.83. The van der Waals surface area contributed by atoms with E-state index in [1.807, 2.05) is 12.4 Å². The molecule has 0 amide bonds. The Bertz CT molecular complexity index is 432. The fraction of sp³-hybridized carbons (Fsp3) is 0.588. The summed E-state index contributed by atoms with van der Waals surface area (Å²) in [5.41, 5.74) is 1.25. The average Bonchev–Trinajstić information content (AvgIpc) is 2.55. The predicted octanol–water partition coefficient (Wildman–Crippen LogP) is 3.25. The second-order valence-corrected chi connectivity index (χ2v) is 5.88. The molecular formula is C17H24N2O. The standard InChI is InChI=1S/C17H24N2O/c1-2-5-14(6-3-1)13-19-16-7-4-12-20-17(16)15-8-10-18-11-9-15/h1-2,8-11,14,16-17,19H,3-7,12-13H2/t14-,16-,17+/m0/s1. The molecule has 1 aliphatic heterocycles. The van der Waals surface area contributed by atoms with E-state index in [1.165, 1.54) is 31.2 Å². The van der Waals surface area contributed by atoms with Crippen LogP contribution in [0.2, 0.25) is 0 Å². The van der Waals surface area contributed by atoms with Gasteiger partial charge in [0.25, 0.3) is 0 Å². The smallest absolute Gasteiger partial charge is 0.0978 e. The molecule has 108 valence electrons. The Morgan fingerprint density at radius 3 is 2.90 bits per heavy atom. The van der Waals surface area contributed by atoms with Crippen LogP contribution in [0.5, 0.6) is 0 Å². The maximum absolute atomic E-state index is 6.01. The summed E-state index contributed by atoms with van der Waals surface area (Å²) < 4.78 is 6.01. The maximum atomic E-state index is 6.01. The van der Waals surface area contributed by atoms with Crippen LogP contribution in [0.3, 0.4) is 0 Å². The molecule has 0 bridgehead atoms. The zero-order valence-corrected chi connectivity index (χ0v) is 12.0. The van der Waals surface area contributed by atoms with Crippen molar-refractivity contribution in [1.82, 2.24) is 10.3 Å². The lowest BCUT2D eigenvalue weighted by Gasteiger charge is -2.34. The van der Waals surface area contributed by atoms with E-state index in [2.05, 4.69) is 34.6 Å². The molecule has 3 nitrogen and oxygen atoms in total. The van der Waals surface area contributed by atoms with Gasteiger partial charge in [-0.25, -0.2) is 0 Å². The monoisotopic (exact) mass is 272 g/mol. The average molecular weight is 272 g/mol. The van der Waals surface area contributed by atoms with Crippen LogP contribution in [0.25, 0.3) is 0 Å². The summed E-state index contributed by atoms with van der Waals surface area (Å²) in [5.74, 6) is 0.792. The Balaban J connectivity index is 1.59. The second-order valence-electron chi connectivity index (χ2n) is 5.88. The van der Waals surface area contributed by atoms with E-state index in [9.17, 15) is 0 Å². The van der Waals surface area contributed by atoms with Crippen molar-refractivity contribution in [2.24, 2.45) is 5.92 Å². The van der Waals surface area contributed by atoms with Gasteiger partial charge in [0.1, 0.15) is 0 Å². The molecule has 1 aromatic rings. The number of rotatable bonds is 4. The van der Waals surface area contributed by atoms with Gasteiger partial charge in [0, 0.05) is 25.0 Å². The van der Waals surface area contributed by atoms with E-state index < -0.39 is 0 Å². The van der Waals surface area contributed by atoms with Gasteiger partial charge in [-0.05, 0) is 62.3 Å². The van der Waals surface area contributed by atoms with Crippen molar-refractivity contribution < 1.29 is 4.74 Å². The molecule has 0 radical (unpaired) electrons. The zero-order chi connectivity index (χ0) is 13.6. The van der Waals surface area contributed by atoms with E-state index in [4.69, 9.17) is 4.74 Å². The molecule has 3 heteroatoms. The number of nitrogens with one attached hydrogen (secondary N) is 1. The first-order valence-electron chi connectivity index (χ1n) is 7.83. The third kappa shape index (κ3) is 3.47. The van der Waals surface area contributed by atoms with E-state index >= 15 is 0 Å². The van der Waals surface area contributed by atoms with E-state index in [0.717, 1.165) is 25.5 Å². The first kappa shape index (κ1) is 13.8. The number of nitrogens with zero attached hydrogens (tertiary/aromatic N) is 1. The summed E-state index contributed by atoms with van der Waals surface area (Å²) in [6, 6.07) is 4.60. The van der Waals surface area contributed by atoms with Gasteiger partial charge in [-0.15, -0.1) is 0 Å². The SMILES string of the molecule is C1=CC[C@H](CN[C@H]2CCCO[C@@H]2c2ccncc2)CC1. The first-order chi connectivity index (χ1) is 9.93. The largest absolute Gasteiger partial charge is 0.372 e. The molecule has 1 saturated heterocycles. The van der Waals surface area contributed by atoms with Gasteiger partial charge in [0.2, 0.25) is 0 Å². The van der Waals surface area contributed by atoms with Crippen LogP contribution in [-0.2, 0) is 4.74 Å². The molecule has 1 aromatic heterocycles. The van der Waals surface area contributed by atoms with Crippen molar-refractivity contribution in [2.75, 3.05) is 13.2 Å². The highest BCUT2D eigenvalue weighted by Gasteiger charge is 2.27. The highest BCUT2D eigenvalue weighted by molar-refractivity contribution is 5.16. The predicted molar refractivity (Wildman–Crippen MR) is 80.4 cm³/mol. The number of aromatic nitrogens is 1. The molecule has 20 heavy (non-hydrogen) atoms. The van der Waals surface area contributed by atoms with Gasteiger partial charge in [-0.3, -0.25) is 4.98 Å². The summed E-state index contributed by atoms with van der Waals surface area (Å²) in [7, 11) is 0. The summed E-state index contributed by atoms with van der Waals surface area (Å²) in [6.07, 6.45) is 14.7. The number of pyridine rings is 1. The van der Waals surface area contributed by atoms with Crippen molar-refractivity contribution >= 4 is 0 Å². The van der Waals surface area contributed by atoms with Gasteiger partial charge in [0.05, 0.1) is 6.10 Å². The molecule has 0 saturated carbocycles. The number of hydrogen-bond acceptors (Lipinski definition) is 3. The summed E-state index contributed by atoms with van der Waals surface area (Å²) >= 11 is 0. The molecule has 1 fully saturated rings. The Morgan fingerprint density at radius 1 is 1.20 bits per heavy atom. The molecule has 3 rings (SSSR count). The fourth-order valence-corrected chi connectivity index (χ4v) is 3.23. The molecule has 2 aliphatic rings. The van der Waals surface area contributed by atoms with E-state index in [1.54, 1.807) is 0 Å². The Morgan fingerprint density at radius 2 is 2.10 bits per heavy atom. The van der Waals surface area contributed by atoms with Gasteiger partial charge < -0.3 is 10.1 Å². The quantitative estimate of drug-likeness (QED) is 0.854. The highest BCUT2D eigenvalue weighted by atomic mass is 16.5. The van der Waals surface area contributed by atoms with E-state index in [-0.39, 0.29) is 6.10 Å². The van der Waals surface area contributed by atoms with Crippen LogP contribution in [0, 0.1) is 5.92 Å². The molecule has 0 spiro atoms. The lowest BCUT2D eigenvalue weighted by molar-refractivity contribution is -0.0117. The van der Waals surface area contributed by atoms with Gasteiger partial charge >= 0.3 is 0 Å². The third-order valence-corrected chi connectivity index (χ3v) is 4.40. The second kappa shape index (κ2) is 7.00. The topological polar surface area (TPSA) is 34.1 Å². The van der Waals surface area contributed by atoms with E-state index in [0.29, 0.717) is 6.04 Å². The molecule has 3 atom stereocenters. The Hall–Kier alpha value is -1.19. The van der Waals surface area contributed by atoms with Crippen LogP contribution in [0.15, 0.2) is 36.7 Å². The molecule has 1 aliphatic carbocycles. The van der Waals surface area contributed by atoms with Crippen molar-refractivity contribution in [1.29, 1.82) is 0 Å². The van der Waals surface area contributed by atoms with Gasteiger partial charge in [0.15, 0.2) is 0 Å². The van der Waals surface area contributed by atoms with Crippen LogP contribution < -0.4 is 5.32 Å². The third-order valence-electron chi connectivity index (χ3n) is 4.40. The minimum Gasteiger partial charge on any atom is -0.372 e. The van der Waals surface area contributed by atoms with Crippen molar-refractivity contribution in [2.45, 2.75) is 44.2 Å². The lowest BCUT2D eigenvalue weighted by atomic mass is 9.92. The van der Waals surface area contributed by atoms with Crippen LogP contribution in [0.4, 0.5) is 0 Å². The maximum Gasteiger partial charge on any atom is 0.0978 e. The lowest BCUT2D eigenvalue weighted by Crippen LogP contribution is -2.41. The Labute approximate surface area is 121 Å². The molecular weight excluding hydrogens is 248 g/mol. The minimum atomic E-state index is 0.186. The normalized spacial score (nSPS) is 30.3. The number of ether oxygens (including phenoxy) is 1. The summed E-state index contributed by atoms with van der Waals surface area (Å²) in [5, 5.41) is 3.76. The van der Waals surface area contributed by atoms with Crippen LogP contribution >= 0.6 is 0 Å². The van der Waals surface area contributed by atoms with Gasteiger partial charge in [-0.2, -0.15) is 0 Å². The Kier molecular flexibility index (Phi) is 4.82. The number of allylic oxidation sites excluding steroid dienone is 2. The zero-order valence-electron chi connectivity index (χ0n) is 12.0. The molecule has 0 aromatic carbocycles. The summed E-state index contributed by atoms with van der Waals surface area (Å²) in [4.78, 5) is 4.10. The van der Waals surface area contributed by atoms with Crippen LogP contribution in [-0.4, -0.2) is 24.2 Å². The van der Waals surface area contributed by atoms with Crippen LogP contribution in [0.1, 0.15) is 43.8 Å². The number of hydrogen-bond donors (Lipinski definition) is 1. The fourth-order valence-electron chi connectivity index (χ4n) is 3.23. The van der Waals surface area contributed by atoms with Crippen molar-refractivity contribution in [3.8, 4) is 0 Å².